The average molecular weight is 346 g/mol. The van der Waals surface area contributed by atoms with Crippen molar-refractivity contribution in [1.82, 2.24) is 9.88 Å². The number of amides is 1. The fraction of sp³-hybridized carbons (Fsp3) is 0.632. The van der Waals surface area contributed by atoms with Crippen LogP contribution >= 0.6 is 0 Å². The number of aromatic nitrogens is 1. The second-order valence-corrected chi connectivity index (χ2v) is 7.12. The van der Waals surface area contributed by atoms with Crippen LogP contribution in [0, 0.1) is 5.41 Å². The number of carbonyl (C=O) groups excluding carboxylic acids is 1. The van der Waals surface area contributed by atoms with Gasteiger partial charge in [-0.05, 0) is 38.3 Å². The van der Waals surface area contributed by atoms with Crippen LogP contribution in [0.15, 0.2) is 18.2 Å². The largest absolute Gasteiger partial charge is 0.477 e. The van der Waals surface area contributed by atoms with E-state index in [0.29, 0.717) is 6.61 Å². The first-order valence-electron chi connectivity index (χ1n) is 9.08. The number of hydrogen-bond acceptors (Lipinski definition) is 4. The third-order valence-electron chi connectivity index (χ3n) is 5.87. The number of aromatic carboxylic acids is 1. The molecule has 1 aromatic heterocycles. The molecule has 0 saturated heterocycles. The molecule has 2 atom stereocenters. The van der Waals surface area contributed by atoms with E-state index in [-0.39, 0.29) is 34.9 Å². The number of rotatable bonds is 5. The van der Waals surface area contributed by atoms with E-state index in [2.05, 4.69) is 4.98 Å². The van der Waals surface area contributed by atoms with Gasteiger partial charge in [-0.1, -0.05) is 25.3 Å². The minimum atomic E-state index is -1.12. The first-order valence-corrected chi connectivity index (χ1v) is 9.08. The van der Waals surface area contributed by atoms with Gasteiger partial charge in [0.05, 0.1) is 6.10 Å². The van der Waals surface area contributed by atoms with Gasteiger partial charge in [-0.3, -0.25) is 4.79 Å². The molecule has 3 rings (SSSR count). The zero-order valence-electron chi connectivity index (χ0n) is 14.9. The highest BCUT2D eigenvalue weighted by Gasteiger charge is 2.57. The molecule has 1 spiro atoms. The molecule has 1 N–H and O–H groups in total. The highest BCUT2D eigenvalue weighted by atomic mass is 16.5. The van der Waals surface area contributed by atoms with Crippen molar-refractivity contribution < 1.29 is 19.4 Å². The first-order chi connectivity index (χ1) is 12.0. The monoisotopic (exact) mass is 346 g/mol. The van der Waals surface area contributed by atoms with Crippen LogP contribution in [-0.4, -0.2) is 52.7 Å². The molecule has 1 heterocycles. The van der Waals surface area contributed by atoms with E-state index < -0.39 is 5.97 Å². The van der Waals surface area contributed by atoms with Crippen LogP contribution in [0.5, 0.6) is 0 Å². The highest BCUT2D eigenvalue weighted by molar-refractivity contribution is 5.94. The number of carboxylic acids is 1. The normalized spacial score (nSPS) is 24.6. The van der Waals surface area contributed by atoms with Crippen LogP contribution in [0.4, 0.5) is 0 Å². The lowest BCUT2D eigenvalue weighted by Gasteiger charge is -2.60. The smallest absolute Gasteiger partial charge is 0.354 e. The summed E-state index contributed by atoms with van der Waals surface area (Å²) in [6.45, 7) is 2.71. The third kappa shape index (κ3) is 3.15. The predicted octanol–water partition coefficient (Wildman–Crippen LogP) is 2.98. The van der Waals surface area contributed by atoms with Gasteiger partial charge in [0.15, 0.2) is 0 Å². The number of nitrogens with zero attached hydrogens (tertiary/aromatic N) is 2. The van der Waals surface area contributed by atoms with Crippen molar-refractivity contribution in [1.29, 1.82) is 0 Å². The number of carbonyl (C=O) groups is 2. The number of hydrogen-bond donors (Lipinski definition) is 1. The van der Waals surface area contributed by atoms with Crippen LogP contribution in [0.2, 0.25) is 0 Å². The zero-order valence-corrected chi connectivity index (χ0v) is 14.9. The van der Waals surface area contributed by atoms with E-state index >= 15 is 0 Å². The Morgan fingerprint density at radius 2 is 1.96 bits per heavy atom. The van der Waals surface area contributed by atoms with Crippen LogP contribution in [-0.2, 0) is 4.74 Å². The van der Waals surface area contributed by atoms with Crippen LogP contribution < -0.4 is 0 Å². The molecular formula is C19H26N2O4. The number of carboxylic acid groups (broad SMARTS) is 1. The Bertz CT molecular complexity index is 655. The van der Waals surface area contributed by atoms with Gasteiger partial charge in [-0.25, -0.2) is 9.78 Å². The zero-order chi connectivity index (χ0) is 18.0. The Hall–Kier alpha value is -1.95. The van der Waals surface area contributed by atoms with E-state index in [0.717, 1.165) is 19.3 Å². The van der Waals surface area contributed by atoms with E-state index in [4.69, 9.17) is 9.84 Å². The molecule has 2 unspecified atom stereocenters. The first kappa shape index (κ1) is 17.9. The quantitative estimate of drug-likeness (QED) is 0.886. The fourth-order valence-electron chi connectivity index (χ4n) is 4.57. The summed E-state index contributed by atoms with van der Waals surface area (Å²) in [6.07, 6.45) is 6.83. The van der Waals surface area contributed by atoms with Gasteiger partial charge in [0.25, 0.3) is 5.91 Å². The molecule has 0 aromatic carbocycles. The lowest BCUT2D eigenvalue weighted by atomic mass is 9.54. The minimum Gasteiger partial charge on any atom is -0.477 e. The molecule has 6 nitrogen and oxygen atoms in total. The van der Waals surface area contributed by atoms with Gasteiger partial charge < -0.3 is 14.7 Å². The van der Waals surface area contributed by atoms with Gasteiger partial charge >= 0.3 is 5.97 Å². The standard InChI is InChI=1S/C19H26N2O4/c1-3-25-16-12-15(19(16)10-5-4-6-11-19)21(2)17(22)13-8-7-9-14(20-13)18(23)24/h7-9,15-16H,3-6,10-12H2,1-2H3,(H,23,24). The maximum atomic E-state index is 12.9. The van der Waals surface area contributed by atoms with Crippen molar-refractivity contribution in [3.8, 4) is 0 Å². The molecular weight excluding hydrogens is 320 g/mol. The number of pyridine rings is 1. The Morgan fingerprint density at radius 3 is 2.60 bits per heavy atom. The second kappa shape index (κ2) is 7.12. The molecule has 1 aromatic rings. The van der Waals surface area contributed by atoms with Gasteiger partial charge in [0, 0.05) is 25.1 Å². The number of ether oxygens (including phenoxy) is 1. The lowest BCUT2D eigenvalue weighted by Crippen LogP contribution is -2.65. The molecule has 25 heavy (non-hydrogen) atoms. The molecule has 136 valence electrons. The van der Waals surface area contributed by atoms with Gasteiger partial charge in [-0.2, -0.15) is 0 Å². The molecule has 6 heteroatoms. The Balaban J connectivity index is 1.80. The van der Waals surface area contributed by atoms with Crippen molar-refractivity contribution in [2.45, 2.75) is 57.6 Å². The predicted molar refractivity (Wildman–Crippen MR) is 92.6 cm³/mol. The minimum absolute atomic E-state index is 0.0447. The summed E-state index contributed by atoms with van der Waals surface area (Å²) in [5, 5.41) is 9.08. The van der Waals surface area contributed by atoms with Crippen LogP contribution in [0.3, 0.4) is 0 Å². The van der Waals surface area contributed by atoms with Crippen molar-refractivity contribution in [2.75, 3.05) is 13.7 Å². The second-order valence-electron chi connectivity index (χ2n) is 7.12. The van der Waals surface area contributed by atoms with Gasteiger partial charge in [-0.15, -0.1) is 0 Å². The molecule has 2 aliphatic rings. The summed E-state index contributed by atoms with van der Waals surface area (Å²) >= 11 is 0. The Kier molecular flexibility index (Phi) is 5.08. The molecule has 2 fully saturated rings. The van der Waals surface area contributed by atoms with E-state index in [1.807, 2.05) is 6.92 Å². The summed E-state index contributed by atoms with van der Waals surface area (Å²) in [5.74, 6) is -1.34. The maximum absolute atomic E-state index is 12.9. The molecule has 0 aliphatic heterocycles. The maximum Gasteiger partial charge on any atom is 0.354 e. The molecule has 0 bridgehead atoms. The van der Waals surface area contributed by atoms with E-state index in [1.54, 1.807) is 24.1 Å². The van der Waals surface area contributed by atoms with Crippen molar-refractivity contribution in [3.05, 3.63) is 29.6 Å². The molecule has 2 saturated carbocycles. The topological polar surface area (TPSA) is 79.7 Å². The Morgan fingerprint density at radius 1 is 1.28 bits per heavy atom. The molecule has 0 radical (unpaired) electrons. The lowest BCUT2D eigenvalue weighted by molar-refractivity contribution is -0.170. The summed E-state index contributed by atoms with van der Waals surface area (Å²) in [6, 6.07) is 4.68. The van der Waals surface area contributed by atoms with Crippen molar-refractivity contribution >= 4 is 11.9 Å². The van der Waals surface area contributed by atoms with Gasteiger partial charge in [0.2, 0.25) is 0 Å². The average Bonchev–Trinajstić information content (AvgIpc) is 2.64. The van der Waals surface area contributed by atoms with Gasteiger partial charge in [0.1, 0.15) is 11.4 Å². The van der Waals surface area contributed by atoms with Crippen molar-refractivity contribution in [2.24, 2.45) is 5.41 Å². The van der Waals surface area contributed by atoms with E-state index in [9.17, 15) is 9.59 Å². The molecule has 1 amide bonds. The molecule has 2 aliphatic carbocycles. The summed E-state index contributed by atoms with van der Waals surface area (Å²) < 4.78 is 5.96. The SMILES string of the molecule is CCOC1CC(N(C)C(=O)c2cccc(C(=O)O)n2)C12CCCCC2. The third-order valence-corrected chi connectivity index (χ3v) is 5.87. The van der Waals surface area contributed by atoms with E-state index in [1.165, 1.54) is 25.3 Å². The highest BCUT2D eigenvalue weighted by Crippen LogP contribution is 2.55. The fourth-order valence-corrected chi connectivity index (χ4v) is 4.57. The van der Waals surface area contributed by atoms with Crippen molar-refractivity contribution in [3.63, 3.8) is 0 Å². The summed E-state index contributed by atoms with van der Waals surface area (Å²) in [7, 11) is 1.81. The summed E-state index contributed by atoms with van der Waals surface area (Å²) in [5.41, 5.74) is 0.129. The van der Waals surface area contributed by atoms with Crippen LogP contribution in [0.1, 0.15) is 66.4 Å². The van der Waals surface area contributed by atoms with Crippen LogP contribution in [0.25, 0.3) is 0 Å². The Labute approximate surface area is 148 Å². The summed E-state index contributed by atoms with van der Waals surface area (Å²) in [4.78, 5) is 29.7.